The lowest BCUT2D eigenvalue weighted by molar-refractivity contribution is 0.102. The first-order valence-corrected chi connectivity index (χ1v) is 7.54. The van der Waals surface area contributed by atoms with Crippen LogP contribution in [0.15, 0.2) is 46.9 Å². The average molecular weight is 339 g/mol. The number of amides is 1. The monoisotopic (exact) mass is 339 g/mol. The Morgan fingerprint density at radius 1 is 1.04 bits per heavy atom. The van der Waals surface area contributed by atoms with E-state index < -0.39 is 0 Å². The molecule has 128 valence electrons. The van der Waals surface area contributed by atoms with Crippen molar-refractivity contribution in [1.29, 1.82) is 0 Å². The van der Waals surface area contributed by atoms with Gasteiger partial charge in [0.15, 0.2) is 11.5 Å². The van der Waals surface area contributed by atoms with Crippen LogP contribution in [0, 0.1) is 6.92 Å². The summed E-state index contributed by atoms with van der Waals surface area (Å²) in [4.78, 5) is 12.3. The number of hydrogen-bond acceptors (Lipinski definition) is 6. The van der Waals surface area contributed by atoms with Gasteiger partial charge < -0.3 is 13.9 Å². The van der Waals surface area contributed by atoms with Crippen molar-refractivity contribution >= 4 is 11.9 Å². The predicted octanol–water partition coefficient (Wildman–Crippen LogP) is 3.31. The molecule has 1 amide bonds. The van der Waals surface area contributed by atoms with E-state index in [0.29, 0.717) is 23.0 Å². The Labute approximate surface area is 144 Å². The maximum absolute atomic E-state index is 12.3. The van der Waals surface area contributed by atoms with E-state index in [1.54, 1.807) is 18.2 Å². The Bertz CT molecular complexity index is 905. The SMILES string of the molecule is COc1ccc(C(=O)Nc2nnc(-c3cccc(C)c3)o2)cc1OC. The highest BCUT2D eigenvalue weighted by Gasteiger charge is 2.15. The maximum Gasteiger partial charge on any atom is 0.322 e. The molecule has 0 radical (unpaired) electrons. The fourth-order valence-electron chi connectivity index (χ4n) is 2.32. The average Bonchev–Trinajstić information content (AvgIpc) is 3.09. The number of carbonyl (C=O) groups is 1. The minimum atomic E-state index is -0.389. The second-order valence-corrected chi connectivity index (χ2v) is 5.31. The van der Waals surface area contributed by atoms with Crippen LogP contribution in [0.1, 0.15) is 15.9 Å². The molecule has 25 heavy (non-hydrogen) atoms. The molecule has 3 rings (SSSR count). The van der Waals surface area contributed by atoms with Crippen LogP contribution in [0.5, 0.6) is 11.5 Å². The molecular weight excluding hydrogens is 322 g/mol. The number of methoxy groups -OCH3 is 2. The summed E-state index contributed by atoms with van der Waals surface area (Å²) in [5.74, 6) is 0.950. The Balaban J connectivity index is 1.78. The van der Waals surface area contributed by atoms with Crippen molar-refractivity contribution in [1.82, 2.24) is 10.2 Å². The number of nitrogens with one attached hydrogen (secondary N) is 1. The van der Waals surface area contributed by atoms with Gasteiger partial charge in [-0.3, -0.25) is 10.1 Å². The number of carbonyl (C=O) groups excluding carboxylic acids is 1. The summed E-state index contributed by atoms with van der Waals surface area (Å²) < 4.78 is 15.9. The second-order valence-electron chi connectivity index (χ2n) is 5.31. The second kappa shape index (κ2) is 7.04. The van der Waals surface area contributed by atoms with Gasteiger partial charge in [-0.15, -0.1) is 5.10 Å². The molecule has 0 bridgehead atoms. The molecule has 2 aromatic carbocycles. The van der Waals surface area contributed by atoms with Gasteiger partial charge in [0.2, 0.25) is 5.89 Å². The molecular formula is C18H17N3O4. The van der Waals surface area contributed by atoms with E-state index in [0.717, 1.165) is 11.1 Å². The third kappa shape index (κ3) is 3.60. The van der Waals surface area contributed by atoms with Gasteiger partial charge in [-0.25, -0.2) is 0 Å². The van der Waals surface area contributed by atoms with E-state index in [-0.39, 0.29) is 11.9 Å². The van der Waals surface area contributed by atoms with Gasteiger partial charge in [0.05, 0.1) is 14.2 Å². The van der Waals surface area contributed by atoms with E-state index in [2.05, 4.69) is 15.5 Å². The summed E-state index contributed by atoms with van der Waals surface area (Å²) in [5.41, 5.74) is 2.25. The molecule has 3 aromatic rings. The standard InChI is InChI=1S/C18H17N3O4/c1-11-5-4-6-13(9-11)17-20-21-18(25-17)19-16(22)12-7-8-14(23-2)15(10-12)24-3/h4-10H,1-3H3,(H,19,21,22). The fourth-order valence-corrected chi connectivity index (χ4v) is 2.32. The third-order valence-corrected chi connectivity index (χ3v) is 3.56. The predicted molar refractivity (Wildman–Crippen MR) is 92.0 cm³/mol. The molecule has 1 N–H and O–H groups in total. The van der Waals surface area contributed by atoms with Crippen molar-refractivity contribution in [3.05, 3.63) is 53.6 Å². The lowest BCUT2D eigenvalue weighted by Crippen LogP contribution is -2.12. The van der Waals surface area contributed by atoms with Crippen LogP contribution in [-0.2, 0) is 0 Å². The van der Waals surface area contributed by atoms with Gasteiger partial charge in [-0.2, -0.15) is 0 Å². The Morgan fingerprint density at radius 2 is 1.84 bits per heavy atom. The van der Waals surface area contributed by atoms with Gasteiger partial charge in [0, 0.05) is 11.1 Å². The quantitative estimate of drug-likeness (QED) is 0.767. The Kier molecular flexibility index (Phi) is 4.65. The molecule has 0 aliphatic carbocycles. The van der Waals surface area contributed by atoms with Gasteiger partial charge in [-0.1, -0.05) is 22.8 Å². The van der Waals surface area contributed by atoms with Gasteiger partial charge in [-0.05, 0) is 37.3 Å². The highest BCUT2D eigenvalue weighted by molar-refractivity contribution is 6.03. The van der Waals surface area contributed by atoms with E-state index in [1.165, 1.54) is 14.2 Å². The summed E-state index contributed by atoms with van der Waals surface area (Å²) in [5, 5.41) is 10.4. The lowest BCUT2D eigenvalue weighted by atomic mass is 10.1. The van der Waals surface area contributed by atoms with Crippen LogP contribution in [0.2, 0.25) is 0 Å². The molecule has 1 aromatic heterocycles. The van der Waals surface area contributed by atoms with Crippen LogP contribution >= 0.6 is 0 Å². The number of aromatic nitrogens is 2. The Morgan fingerprint density at radius 3 is 2.56 bits per heavy atom. The lowest BCUT2D eigenvalue weighted by Gasteiger charge is -2.08. The summed E-state index contributed by atoms with van der Waals surface area (Å²) in [6, 6.07) is 12.5. The van der Waals surface area contributed by atoms with E-state index >= 15 is 0 Å². The van der Waals surface area contributed by atoms with E-state index in [1.807, 2.05) is 31.2 Å². The fraction of sp³-hybridized carbons (Fsp3) is 0.167. The van der Waals surface area contributed by atoms with Gasteiger partial charge in [0.25, 0.3) is 5.91 Å². The molecule has 7 nitrogen and oxygen atoms in total. The minimum absolute atomic E-state index is 0.0243. The number of benzene rings is 2. The first-order valence-electron chi connectivity index (χ1n) is 7.54. The minimum Gasteiger partial charge on any atom is -0.493 e. The third-order valence-electron chi connectivity index (χ3n) is 3.56. The highest BCUT2D eigenvalue weighted by Crippen LogP contribution is 2.28. The van der Waals surface area contributed by atoms with Crippen molar-refractivity contribution in [2.75, 3.05) is 19.5 Å². The number of anilines is 1. The van der Waals surface area contributed by atoms with Crippen molar-refractivity contribution in [2.45, 2.75) is 6.92 Å². The molecule has 7 heteroatoms. The number of ether oxygens (including phenoxy) is 2. The molecule has 0 atom stereocenters. The van der Waals surface area contributed by atoms with Gasteiger partial charge >= 0.3 is 6.01 Å². The van der Waals surface area contributed by atoms with E-state index in [4.69, 9.17) is 13.9 Å². The normalized spacial score (nSPS) is 10.4. The van der Waals surface area contributed by atoms with Crippen LogP contribution in [0.3, 0.4) is 0 Å². The van der Waals surface area contributed by atoms with Crippen LogP contribution in [-0.4, -0.2) is 30.3 Å². The van der Waals surface area contributed by atoms with Crippen molar-refractivity contribution in [2.24, 2.45) is 0 Å². The summed E-state index contributed by atoms with van der Waals surface area (Å²) in [7, 11) is 3.04. The highest BCUT2D eigenvalue weighted by atomic mass is 16.5. The van der Waals surface area contributed by atoms with Crippen molar-refractivity contribution < 1.29 is 18.7 Å². The molecule has 0 saturated carbocycles. The smallest absolute Gasteiger partial charge is 0.322 e. The summed E-state index contributed by atoms with van der Waals surface area (Å²) >= 11 is 0. The summed E-state index contributed by atoms with van der Waals surface area (Å²) in [6.07, 6.45) is 0. The number of rotatable bonds is 5. The molecule has 0 saturated heterocycles. The van der Waals surface area contributed by atoms with Gasteiger partial charge in [0.1, 0.15) is 0 Å². The zero-order chi connectivity index (χ0) is 17.8. The molecule has 0 fully saturated rings. The van der Waals surface area contributed by atoms with Crippen LogP contribution < -0.4 is 14.8 Å². The zero-order valence-corrected chi connectivity index (χ0v) is 14.1. The number of aryl methyl sites for hydroxylation is 1. The van der Waals surface area contributed by atoms with E-state index in [9.17, 15) is 4.79 Å². The zero-order valence-electron chi connectivity index (χ0n) is 14.1. The molecule has 0 spiro atoms. The maximum atomic E-state index is 12.3. The Hall–Kier alpha value is -3.35. The summed E-state index contributed by atoms with van der Waals surface area (Å²) in [6.45, 7) is 1.97. The number of nitrogens with zero attached hydrogens (tertiary/aromatic N) is 2. The molecule has 1 heterocycles. The molecule has 0 aliphatic heterocycles. The van der Waals surface area contributed by atoms with Crippen LogP contribution in [0.4, 0.5) is 6.01 Å². The molecule has 0 unspecified atom stereocenters. The van der Waals surface area contributed by atoms with Crippen LogP contribution in [0.25, 0.3) is 11.5 Å². The van der Waals surface area contributed by atoms with Crippen molar-refractivity contribution in [3.63, 3.8) is 0 Å². The topological polar surface area (TPSA) is 86.5 Å². The largest absolute Gasteiger partial charge is 0.493 e. The van der Waals surface area contributed by atoms with Crippen molar-refractivity contribution in [3.8, 4) is 23.0 Å². The first-order chi connectivity index (χ1) is 12.1. The number of hydrogen-bond donors (Lipinski definition) is 1. The first kappa shape index (κ1) is 16.5. The molecule has 0 aliphatic rings.